The fraction of sp³-hybridized carbons (Fsp3) is 0.286. The van der Waals surface area contributed by atoms with Crippen LogP contribution in [0.4, 0.5) is 0 Å². The molecule has 0 amide bonds. The Hall–Kier alpha value is -2.58. The molecule has 0 radical (unpaired) electrons. The molecule has 0 spiro atoms. The van der Waals surface area contributed by atoms with E-state index in [1.807, 2.05) is 50.4 Å². The highest BCUT2D eigenvalue weighted by molar-refractivity contribution is 7.98. The largest absolute Gasteiger partial charge is 0.490 e. The standard InChI is InChI=1S/C21H21N3O3S2/c1-4-26-15-9-8-13(11-16(15)27-5-2)12-24-20(25)18-17(23-21(24)28-3)14-7-6-10-22-19(14)29-18/h6-11H,4-5,12H2,1-3H3. The van der Waals surface area contributed by atoms with Gasteiger partial charge in [0.15, 0.2) is 16.7 Å². The summed E-state index contributed by atoms with van der Waals surface area (Å²) in [6.07, 6.45) is 3.67. The highest BCUT2D eigenvalue weighted by Crippen LogP contribution is 2.31. The van der Waals surface area contributed by atoms with Gasteiger partial charge in [-0.25, -0.2) is 9.97 Å². The van der Waals surface area contributed by atoms with Crippen LogP contribution < -0.4 is 15.0 Å². The van der Waals surface area contributed by atoms with Crippen LogP contribution in [0.15, 0.2) is 46.5 Å². The van der Waals surface area contributed by atoms with Crippen LogP contribution in [0, 0.1) is 0 Å². The van der Waals surface area contributed by atoms with Crippen molar-refractivity contribution >= 4 is 43.5 Å². The lowest BCUT2D eigenvalue weighted by molar-refractivity contribution is 0.287. The van der Waals surface area contributed by atoms with E-state index in [1.165, 1.54) is 23.1 Å². The molecule has 0 N–H and O–H groups in total. The van der Waals surface area contributed by atoms with E-state index >= 15 is 0 Å². The summed E-state index contributed by atoms with van der Waals surface area (Å²) in [5, 5.41) is 1.60. The molecule has 8 heteroatoms. The van der Waals surface area contributed by atoms with Crippen LogP contribution >= 0.6 is 23.1 Å². The lowest BCUT2D eigenvalue weighted by atomic mass is 10.2. The molecule has 0 aliphatic heterocycles. The summed E-state index contributed by atoms with van der Waals surface area (Å²) in [6.45, 7) is 5.39. The van der Waals surface area contributed by atoms with Crippen molar-refractivity contribution in [1.82, 2.24) is 14.5 Å². The van der Waals surface area contributed by atoms with E-state index in [0.717, 1.165) is 21.3 Å². The van der Waals surface area contributed by atoms with Crippen LogP contribution in [0.3, 0.4) is 0 Å². The molecular formula is C21H21N3O3S2. The first-order valence-electron chi connectivity index (χ1n) is 9.36. The molecule has 0 saturated carbocycles. The number of thioether (sulfide) groups is 1. The number of hydrogen-bond donors (Lipinski definition) is 0. The maximum atomic E-state index is 13.3. The first-order chi connectivity index (χ1) is 14.2. The van der Waals surface area contributed by atoms with Crippen LogP contribution in [0.25, 0.3) is 20.4 Å². The summed E-state index contributed by atoms with van der Waals surface area (Å²) in [6, 6.07) is 9.61. The van der Waals surface area contributed by atoms with Gasteiger partial charge in [-0.15, -0.1) is 11.3 Å². The average molecular weight is 428 g/mol. The van der Waals surface area contributed by atoms with Crippen LogP contribution in [0.2, 0.25) is 0 Å². The Kier molecular flexibility index (Phi) is 5.73. The molecule has 4 aromatic rings. The van der Waals surface area contributed by atoms with Crippen molar-refractivity contribution in [3.8, 4) is 11.5 Å². The molecule has 1 aromatic carbocycles. The molecule has 0 unspecified atom stereocenters. The topological polar surface area (TPSA) is 66.2 Å². The molecule has 4 rings (SSSR count). The molecule has 150 valence electrons. The van der Waals surface area contributed by atoms with Gasteiger partial charge in [-0.3, -0.25) is 9.36 Å². The third-order valence-electron chi connectivity index (χ3n) is 4.45. The second-order valence-corrected chi connectivity index (χ2v) is 8.05. The molecule has 6 nitrogen and oxygen atoms in total. The first-order valence-corrected chi connectivity index (χ1v) is 11.4. The monoisotopic (exact) mass is 427 g/mol. The van der Waals surface area contributed by atoms with Crippen molar-refractivity contribution in [2.45, 2.75) is 25.5 Å². The molecule has 0 aliphatic carbocycles. The third-order valence-corrected chi connectivity index (χ3v) is 6.22. The molecule has 0 bridgehead atoms. The van der Waals surface area contributed by atoms with E-state index in [9.17, 15) is 4.79 Å². The van der Waals surface area contributed by atoms with Crippen molar-refractivity contribution in [3.05, 3.63) is 52.4 Å². The summed E-state index contributed by atoms with van der Waals surface area (Å²) in [7, 11) is 0. The number of ether oxygens (including phenoxy) is 2. The number of benzene rings is 1. The Bertz CT molecular complexity index is 1230. The Morgan fingerprint density at radius 2 is 1.93 bits per heavy atom. The van der Waals surface area contributed by atoms with Gasteiger partial charge in [-0.1, -0.05) is 17.8 Å². The molecule has 0 fully saturated rings. The van der Waals surface area contributed by atoms with Crippen molar-refractivity contribution in [2.24, 2.45) is 0 Å². The lowest BCUT2D eigenvalue weighted by Gasteiger charge is -2.14. The van der Waals surface area contributed by atoms with Crippen LogP contribution in [-0.2, 0) is 6.54 Å². The van der Waals surface area contributed by atoms with E-state index in [2.05, 4.69) is 4.98 Å². The zero-order valence-electron chi connectivity index (χ0n) is 16.5. The number of hydrogen-bond acceptors (Lipinski definition) is 7. The number of fused-ring (bicyclic) bond motifs is 3. The van der Waals surface area contributed by atoms with Crippen molar-refractivity contribution in [1.29, 1.82) is 0 Å². The Morgan fingerprint density at radius 1 is 1.14 bits per heavy atom. The van der Waals surface area contributed by atoms with Crippen molar-refractivity contribution < 1.29 is 9.47 Å². The fourth-order valence-corrected chi connectivity index (χ4v) is 4.79. The third kappa shape index (κ3) is 3.70. The molecule has 29 heavy (non-hydrogen) atoms. The van der Waals surface area contributed by atoms with Gasteiger partial charge in [-0.2, -0.15) is 0 Å². The minimum atomic E-state index is -0.0470. The predicted molar refractivity (Wildman–Crippen MR) is 119 cm³/mol. The average Bonchev–Trinajstić information content (AvgIpc) is 3.11. The number of thiophene rings is 1. The van der Waals surface area contributed by atoms with E-state index < -0.39 is 0 Å². The van der Waals surface area contributed by atoms with Crippen molar-refractivity contribution in [2.75, 3.05) is 19.5 Å². The van der Waals surface area contributed by atoms with Gasteiger partial charge in [-0.05, 0) is 49.9 Å². The van der Waals surface area contributed by atoms with Crippen LogP contribution in [-0.4, -0.2) is 34.0 Å². The first kappa shape index (κ1) is 19.7. The summed E-state index contributed by atoms with van der Waals surface area (Å²) in [4.78, 5) is 23.3. The van der Waals surface area contributed by atoms with Gasteiger partial charge in [0.05, 0.1) is 25.3 Å². The highest BCUT2D eigenvalue weighted by atomic mass is 32.2. The summed E-state index contributed by atoms with van der Waals surface area (Å²) >= 11 is 2.85. The Balaban J connectivity index is 1.81. The molecule has 3 aromatic heterocycles. The predicted octanol–water partition coefficient (Wildman–Crippen LogP) is 4.57. The summed E-state index contributed by atoms with van der Waals surface area (Å²) in [5.74, 6) is 1.39. The summed E-state index contributed by atoms with van der Waals surface area (Å²) < 4.78 is 13.7. The number of rotatable bonds is 7. The van der Waals surface area contributed by atoms with Gasteiger partial charge in [0.2, 0.25) is 0 Å². The Labute approximate surface area is 176 Å². The number of aromatic nitrogens is 3. The summed E-state index contributed by atoms with van der Waals surface area (Å²) in [5.41, 5.74) is 1.63. The maximum absolute atomic E-state index is 13.3. The number of pyridine rings is 1. The molecule has 3 heterocycles. The maximum Gasteiger partial charge on any atom is 0.272 e. The molecule has 0 saturated heterocycles. The fourth-order valence-electron chi connectivity index (χ4n) is 3.21. The smallest absolute Gasteiger partial charge is 0.272 e. The van der Waals surface area contributed by atoms with E-state index in [0.29, 0.717) is 41.1 Å². The van der Waals surface area contributed by atoms with E-state index in [4.69, 9.17) is 14.5 Å². The molecular weight excluding hydrogens is 406 g/mol. The minimum absolute atomic E-state index is 0.0470. The van der Waals surface area contributed by atoms with Gasteiger partial charge >= 0.3 is 0 Å². The lowest BCUT2D eigenvalue weighted by Crippen LogP contribution is -2.23. The zero-order chi connectivity index (χ0) is 20.4. The van der Waals surface area contributed by atoms with E-state index in [1.54, 1.807) is 10.8 Å². The van der Waals surface area contributed by atoms with E-state index in [-0.39, 0.29) is 5.56 Å². The van der Waals surface area contributed by atoms with Crippen LogP contribution in [0.1, 0.15) is 19.4 Å². The van der Waals surface area contributed by atoms with Gasteiger partial charge < -0.3 is 9.47 Å². The Morgan fingerprint density at radius 3 is 2.69 bits per heavy atom. The minimum Gasteiger partial charge on any atom is -0.490 e. The quantitative estimate of drug-likeness (QED) is 0.318. The molecule has 0 aliphatic rings. The molecule has 0 atom stereocenters. The van der Waals surface area contributed by atoms with Gasteiger partial charge in [0, 0.05) is 11.6 Å². The van der Waals surface area contributed by atoms with Gasteiger partial charge in [0.1, 0.15) is 9.53 Å². The van der Waals surface area contributed by atoms with Crippen LogP contribution in [0.5, 0.6) is 11.5 Å². The SMILES string of the molecule is CCOc1ccc(Cn2c(SC)nc3c(sc4ncccc43)c2=O)cc1OCC. The highest BCUT2D eigenvalue weighted by Gasteiger charge is 2.17. The van der Waals surface area contributed by atoms with Gasteiger partial charge in [0.25, 0.3) is 5.56 Å². The second kappa shape index (κ2) is 8.42. The number of nitrogens with zero attached hydrogens (tertiary/aromatic N) is 3. The zero-order valence-corrected chi connectivity index (χ0v) is 18.1. The normalized spacial score (nSPS) is 11.3. The van der Waals surface area contributed by atoms with Crippen molar-refractivity contribution in [3.63, 3.8) is 0 Å². The second-order valence-electron chi connectivity index (χ2n) is 6.27.